The van der Waals surface area contributed by atoms with E-state index in [4.69, 9.17) is 4.99 Å². The third-order valence-corrected chi connectivity index (χ3v) is 6.93. The highest BCUT2D eigenvalue weighted by molar-refractivity contribution is 8.14. The van der Waals surface area contributed by atoms with Crippen molar-refractivity contribution in [2.75, 3.05) is 5.75 Å². The first-order valence-corrected chi connectivity index (χ1v) is 10.8. The van der Waals surface area contributed by atoms with Gasteiger partial charge in [-0.05, 0) is 31.5 Å². The normalized spacial score (nSPS) is 24.4. The summed E-state index contributed by atoms with van der Waals surface area (Å²) in [5.74, 6) is 1.13. The zero-order valence-corrected chi connectivity index (χ0v) is 16.6. The lowest BCUT2D eigenvalue weighted by Gasteiger charge is -2.31. The molecule has 4 heterocycles. The van der Waals surface area contributed by atoms with Crippen molar-refractivity contribution in [1.29, 1.82) is 0 Å². The number of rotatable bonds is 4. The quantitative estimate of drug-likeness (QED) is 0.640. The lowest BCUT2D eigenvalue weighted by atomic mass is 9.95. The number of para-hydroxylation sites is 1. The predicted octanol–water partition coefficient (Wildman–Crippen LogP) is 5.04. The molecule has 0 spiro atoms. The van der Waals surface area contributed by atoms with E-state index in [1.165, 1.54) is 21.6 Å². The van der Waals surface area contributed by atoms with Gasteiger partial charge in [0, 0.05) is 47.2 Å². The van der Waals surface area contributed by atoms with Crippen LogP contribution in [0.25, 0.3) is 10.9 Å². The van der Waals surface area contributed by atoms with Gasteiger partial charge in [-0.3, -0.25) is 9.98 Å². The maximum absolute atomic E-state index is 5.15. The van der Waals surface area contributed by atoms with E-state index in [0.29, 0.717) is 6.04 Å². The number of aliphatic imine (C=N–C) groups is 1. The van der Waals surface area contributed by atoms with E-state index in [2.05, 4.69) is 70.9 Å². The molecule has 2 aliphatic heterocycles. The number of hydrogen-bond acceptors (Lipinski definition) is 4. The molecule has 27 heavy (non-hydrogen) atoms. The van der Waals surface area contributed by atoms with Gasteiger partial charge in [0.25, 0.3) is 0 Å². The average molecular weight is 377 g/mol. The van der Waals surface area contributed by atoms with Crippen LogP contribution >= 0.6 is 11.8 Å². The first kappa shape index (κ1) is 16.9. The molecule has 0 saturated carbocycles. The van der Waals surface area contributed by atoms with Crippen LogP contribution in [0.2, 0.25) is 0 Å². The standard InChI is InChI=1S/C22H24N4S/c1-3-15-14-27-22-24-20(18-10-7-8-12-23-18)21(26(15)22)17-13-25(4-2)19-11-6-5-9-16(17)19/h5-13,15,20-21H,3-4,14H2,1-2H3/t15-,20-,21+/m1/s1. The molecule has 5 rings (SSSR count). The molecule has 3 aromatic rings. The number of pyridine rings is 1. The second-order valence-electron chi connectivity index (χ2n) is 7.22. The SMILES string of the molecule is CC[C@@H]1CSC2=N[C@H](c3ccccn3)[C@H](c3cn(CC)c4ccccc34)N21. The topological polar surface area (TPSA) is 33.4 Å². The van der Waals surface area contributed by atoms with Gasteiger partial charge in [-0.25, -0.2) is 0 Å². The third kappa shape index (κ3) is 2.59. The second-order valence-corrected chi connectivity index (χ2v) is 8.21. The molecule has 0 aliphatic carbocycles. The van der Waals surface area contributed by atoms with Crippen molar-refractivity contribution in [3.63, 3.8) is 0 Å². The van der Waals surface area contributed by atoms with Gasteiger partial charge in [0.05, 0.1) is 11.7 Å². The maximum atomic E-state index is 5.15. The number of aryl methyl sites for hydroxylation is 1. The Labute approximate surface area is 164 Å². The van der Waals surface area contributed by atoms with Crippen molar-refractivity contribution in [3.05, 3.63) is 66.1 Å². The first-order valence-electron chi connectivity index (χ1n) is 9.79. The maximum Gasteiger partial charge on any atom is 0.160 e. The van der Waals surface area contributed by atoms with E-state index in [0.717, 1.165) is 24.4 Å². The predicted molar refractivity (Wildman–Crippen MR) is 113 cm³/mol. The smallest absolute Gasteiger partial charge is 0.160 e. The number of aromatic nitrogens is 2. The fourth-order valence-corrected chi connectivity index (χ4v) is 5.80. The summed E-state index contributed by atoms with van der Waals surface area (Å²) in [5, 5.41) is 2.53. The molecule has 138 valence electrons. The molecule has 0 unspecified atom stereocenters. The molecule has 4 nitrogen and oxygen atoms in total. The third-order valence-electron chi connectivity index (χ3n) is 5.81. The number of fused-ring (bicyclic) bond motifs is 2. The van der Waals surface area contributed by atoms with Crippen molar-refractivity contribution >= 4 is 27.8 Å². The summed E-state index contributed by atoms with van der Waals surface area (Å²) in [7, 11) is 0. The van der Waals surface area contributed by atoms with Gasteiger partial charge >= 0.3 is 0 Å². The van der Waals surface area contributed by atoms with Crippen LogP contribution in [0.1, 0.15) is 43.6 Å². The zero-order chi connectivity index (χ0) is 18.4. The van der Waals surface area contributed by atoms with E-state index in [1.807, 2.05) is 24.0 Å². The van der Waals surface area contributed by atoms with Crippen molar-refractivity contribution in [3.8, 4) is 0 Å². The van der Waals surface area contributed by atoms with Gasteiger partial charge in [-0.15, -0.1) is 0 Å². The minimum atomic E-state index is 0.0548. The Balaban J connectivity index is 1.70. The Bertz CT molecular complexity index is 994. The molecule has 1 saturated heterocycles. The van der Waals surface area contributed by atoms with Gasteiger partial charge in [0.15, 0.2) is 5.17 Å². The van der Waals surface area contributed by atoms with Gasteiger partial charge in [0.1, 0.15) is 6.04 Å². The number of thioether (sulfide) groups is 1. The van der Waals surface area contributed by atoms with Gasteiger partial charge in [0.2, 0.25) is 0 Å². The van der Waals surface area contributed by atoms with Gasteiger partial charge in [-0.1, -0.05) is 43.0 Å². The summed E-state index contributed by atoms with van der Waals surface area (Å²) in [5.41, 5.74) is 3.75. The minimum absolute atomic E-state index is 0.0548. The van der Waals surface area contributed by atoms with E-state index in [9.17, 15) is 0 Å². The Morgan fingerprint density at radius 3 is 2.74 bits per heavy atom. The lowest BCUT2D eigenvalue weighted by molar-refractivity contribution is 0.256. The highest BCUT2D eigenvalue weighted by Gasteiger charge is 2.46. The Morgan fingerprint density at radius 1 is 1.11 bits per heavy atom. The molecular formula is C22H24N4S. The number of hydrogen-bond donors (Lipinski definition) is 0. The molecule has 3 atom stereocenters. The highest BCUT2D eigenvalue weighted by Crippen LogP contribution is 2.50. The van der Waals surface area contributed by atoms with Crippen LogP contribution in [0.4, 0.5) is 0 Å². The first-order chi connectivity index (χ1) is 13.3. The molecule has 0 N–H and O–H groups in total. The van der Waals surface area contributed by atoms with Crippen LogP contribution in [-0.2, 0) is 6.54 Å². The summed E-state index contributed by atoms with van der Waals surface area (Å²) >= 11 is 1.90. The Morgan fingerprint density at radius 2 is 1.96 bits per heavy atom. The van der Waals surface area contributed by atoms with Crippen LogP contribution in [0.5, 0.6) is 0 Å². The summed E-state index contributed by atoms with van der Waals surface area (Å²) < 4.78 is 2.36. The van der Waals surface area contributed by atoms with Crippen molar-refractivity contribution in [2.24, 2.45) is 4.99 Å². The molecule has 2 aromatic heterocycles. The molecule has 0 bridgehead atoms. The molecule has 0 radical (unpaired) electrons. The fourth-order valence-electron chi connectivity index (χ4n) is 4.46. The second kappa shape index (κ2) is 6.71. The van der Waals surface area contributed by atoms with Crippen LogP contribution in [0, 0.1) is 0 Å². The van der Waals surface area contributed by atoms with E-state index >= 15 is 0 Å². The summed E-state index contributed by atoms with van der Waals surface area (Å²) in [4.78, 5) is 12.4. The molecule has 1 aromatic carbocycles. The summed E-state index contributed by atoms with van der Waals surface area (Å²) in [6, 6.07) is 15.7. The summed E-state index contributed by atoms with van der Waals surface area (Å²) in [6.07, 6.45) is 5.37. The van der Waals surface area contributed by atoms with Crippen LogP contribution in [0.15, 0.2) is 59.9 Å². The largest absolute Gasteiger partial charge is 0.347 e. The van der Waals surface area contributed by atoms with Crippen molar-refractivity contribution in [1.82, 2.24) is 14.5 Å². The number of nitrogens with zero attached hydrogens (tertiary/aromatic N) is 4. The molecule has 0 amide bonds. The minimum Gasteiger partial charge on any atom is -0.347 e. The molecule has 5 heteroatoms. The Hall–Kier alpha value is -2.27. The molecule has 2 aliphatic rings. The summed E-state index contributed by atoms with van der Waals surface area (Å²) in [6.45, 7) is 5.47. The highest BCUT2D eigenvalue weighted by atomic mass is 32.2. The van der Waals surface area contributed by atoms with Gasteiger partial charge < -0.3 is 9.47 Å². The molecule has 1 fully saturated rings. The van der Waals surface area contributed by atoms with Crippen molar-refractivity contribution < 1.29 is 0 Å². The number of amidine groups is 1. The van der Waals surface area contributed by atoms with Crippen molar-refractivity contribution in [2.45, 2.75) is 44.9 Å². The van der Waals surface area contributed by atoms with Crippen LogP contribution in [-0.4, -0.2) is 31.4 Å². The lowest BCUT2D eigenvalue weighted by Crippen LogP contribution is -2.35. The van der Waals surface area contributed by atoms with Crippen LogP contribution < -0.4 is 0 Å². The van der Waals surface area contributed by atoms with Gasteiger partial charge in [-0.2, -0.15) is 0 Å². The molecular weight excluding hydrogens is 352 g/mol. The van der Waals surface area contributed by atoms with E-state index < -0.39 is 0 Å². The monoisotopic (exact) mass is 376 g/mol. The van der Waals surface area contributed by atoms with Crippen LogP contribution in [0.3, 0.4) is 0 Å². The Kier molecular flexibility index (Phi) is 4.20. The number of benzene rings is 1. The fraction of sp³-hybridized carbons (Fsp3) is 0.364. The zero-order valence-electron chi connectivity index (χ0n) is 15.7. The van der Waals surface area contributed by atoms with E-state index in [-0.39, 0.29) is 12.1 Å². The van der Waals surface area contributed by atoms with E-state index in [1.54, 1.807) is 0 Å². The average Bonchev–Trinajstić information content (AvgIpc) is 3.39.